The second kappa shape index (κ2) is 11.2. The van der Waals surface area contributed by atoms with Crippen molar-refractivity contribution >= 4 is 35.1 Å². The Hall–Kier alpha value is -3.69. The number of anilines is 4. The Morgan fingerprint density at radius 2 is 1.69 bits per heavy atom. The van der Waals surface area contributed by atoms with E-state index in [4.69, 9.17) is 4.74 Å². The van der Waals surface area contributed by atoms with E-state index < -0.39 is 0 Å². The summed E-state index contributed by atoms with van der Waals surface area (Å²) in [6.07, 6.45) is 5.68. The monoisotopic (exact) mass is 488 g/mol. The van der Waals surface area contributed by atoms with Crippen LogP contribution in [0.4, 0.5) is 27.5 Å². The zero-order valence-corrected chi connectivity index (χ0v) is 19.8. The summed E-state index contributed by atoms with van der Waals surface area (Å²) in [6, 6.07) is 21.8. The summed E-state index contributed by atoms with van der Waals surface area (Å²) in [6.45, 7) is 1.87. The van der Waals surface area contributed by atoms with Crippen molar-refractivity contribution in [2.24, 2.45) is 0 Å². The lowest BCUT2D eigenvalue weighted by Gasteiger charge is -2.31. The number of pyridine rings is 1. The minimum atomic E-state index is -0.278. The Kier molecular flexibility index (Phi) is 7.35. The van der Waals surface area contributed by atoms with Gasteiger partial charge in [-0.05, 0) is 85.5 Å². The van der Waals surface area contributed by atoms with Crippen LogP contribution in [0, 0.1) is 5.82 Å². The molecular weight excluding hydrogens is 463 g/mol. The minimum absolute atomic E-state index is 0.139. The van der Waals surface area contributed by atoms with E-state index in [2.05, 4.69) is 42.0 Å². The first-order valence-electron chi connectivity index (χ1n) is 11.4. The van der Waals surface area contributed by atoms with Gasteiger partial charge in [0.2, 0.25) is 11.8 Å². The SMILES string of the molecule is Fc1ccc(Nc2ccnc(Nc3ccc(SN4CCCC(Oc5ccccn5)C4)cc3)n2)cc1. The molecule has 1 saturated heterocycles. The van der Waals surface area contributed by atoms with Crippen LogP contribution in [0.15, 0.2) is 90.1 Å². The number of rotatable bonds is 8. The van der Waals surface area contributed by atoms with Gasteiger partial charge < -0.3 is 15.4 Å². The fourth-order valence-electron chi connectivity index (χ4n) is 3.72. The summed E-state index contributed by atoms with van der Waals surface area (Å²) < 4.78 is 21.5. The van der Waals surface area contributed by atoms with Gasteiger partial charge in [-0.15, -0.1) is 0 Å². The predicted octanol–water partition coefficient (Wildman–Crippen LogP) is 6.05. The third-order valence-electron chi connectivity index (χ3n) is 5.38. The first kappa shape index (κ1) is 23.1. The quantitative estimate of drug-likeness (QED) is 0.291. The average Bonchev–Trinajstić information content (AvgIpc) is 2.88. The van der Waals surface area contributed by atoms with Crippen LogP contribution in [0.25, 0.3) is 0 Å². The van der Waals surface area contributed by atoms with Gasteiger partial charge in [-0.3, -0.25) is 0 Å². The summed E-state index contributed by atoms with van der Waals surface area (Å²) >= 11 is 1.74. The molecule has 1 atom stereocenters. The number of hydrogen-bond acceptors (Lipinski definition) is 8. The topological polar surface area (TPSA) is 75.2 Å². The van der Waals surface area contributed by atoms with Crippen LogP contribution in [0.3, 0.4) is 0 Å². The van der Waals surface area contributed by atoms with E-state index in [0.717, 1.165) is 42.2 Å². The molecule has 1 fully saturated rings. The molecule has 1 aliphatic rings. The molecule has 4 aromatic rings. The molecular formula is C26H25FN6OS. The molecule has 2 N–H and O–H groups in total. The van der Waals surface area contributed by atoms with Gasteiger partial charge >= 0.3 is 0 Å². The lowest BCUT2D eigenvalue weighted by Crippen LogP contribution is -2.37. The van der Waals surface area contributed by atoms with Crippen molar-refractivity contribution in [3.8, 4) is 5.88 Å². The van der Waals surface area contributed by atoms with Crippen molar-refractivity contribution in [1.29, 1.82) is 0 Å². The van der Waals surface area contributed by atoms with Crippen LogP contribution in [0.2, 0.25) is 0 Å². The predicted molar refractivity (Wildman–Crippen MR) is 137 cm³/mol. The summed E-state index contributed by atoms with van der Waals surface area (Å²) in [5.41, 5.74) is 1.64. The van der Waals surface area contributed by atoms with Gasteiger partial charge in [0.15, 0.2) is 0 Å². The molecule has 9 heteroatoms. The molecule has 35 heavy (non-hydrogen) atoms. The highest BCUT2D eigenvalue weighted by atomic mass is 32.2. The van der Waals surface area contributed by atoms with E-state index in [9.17, 15) is 4.39 Å². The van der Waals surface area contributed by atoms with Gasteiger partial charge in [0.25, 0.3) is 0 Å². The molecule has 0 radical (unpaired) electrons. The van der Waals surface area contributed by atoms with Crippen molar-refractivity contribution in [2.75, 3.05) is 23.7 Å². The van der Waals surface area contributed by atoms with Gasteiger partial charge in [0.1, 0.15) is 17.7 Å². The first-order chi connectivity index (χ1) is 17.2. The molecule has 1 unspecified atom stereocenters. The maximum Gasteiger partial charge on any atom is 0.229 e. The highest BCUT2D eigenvalue weighted by Gasteiger charge is 2.22. The number of hydrogen-bond donors (Lipinski definition) is 2. The maximum atomic E-state index is 13.1. The van der Waals surface area contributed by atoms with Gasteiger partial charge in [-0.2, -0.15) is 4.98 Å². The van der Waals surface area contributed by atoms with E-state index in [0.29, 0.717) is 17.6 Å². The smallest absolute Gasteiger partial charge is 0.229 e. The Balaban J connectivity index is 1.15. The minimum Gasteiger partial charge on any atom is -0.473 e. The molecule has 0 spiro atoms. The lowest BCUT2D eigenvalue weighted by atomic mass is 10.1. The van der Waals surface area contributed by atoms with Crippen molar-refractivity contribution in [3.05, 3.63) is 91.0 Å². The van der Waals surface area contributed by atoms with Gasteiger partial charge in [0, 0.05) is 47.8 Å². The number of nitrogens with zero attached hydrogens (tertiary/aromatic N) is 4. The normalized spacial score (nSPS) is 16.0. The molecule has 0 aliphatic carbocycles. The molecule has 5 rings (SSSR count). The van der Waals surface area contributed by atoms with Crippen LogP contribution >= 0.6 is 11.9 Å². The molecule has 7 nitrogen and oxygen atoms in total. The zero-order chi connectivity index (χ0) is 23.9. The van der Waals surface area contributed by atoms with Crippen molar-refractivity contribution in [2.45, 2.75) is 23.8 Å². The second-order valence-electron chi connectivity index (χ2n) is 8.08. The zero-order valence-electron chi connectivity index (χ0n) is 19.0. The number of aromatic nitrogens is 3. The van der Waals surface area contributed by atoms with E-state index in [1.165, 1.54) is 12.1 Å². The van der Waals surface area contributed by atoms with Crippen molar-refractivity contribution < 1.29 is 9.13 Å². The molecule has 178 valence electrons. The standard InChI is InChI=1S/C26H25FN6OS/c27-19-6-8-20(9-7-19)30-24-14-16-29-26(32-24)31-21-10-12-23(13-11-21)35-33-17-3-4-22(18-33)34-25-5-1-2-15-28-25/h1-2,5-16,22H,3-4,17-18H2,(H2,29,30,31,32). The van der Waals surface area contributed by atoms with Crippen LogP contribution in [-0.4, -0.2) is 38.5 Å². The molecule has 1 aliphatic heterocycles. The largest absolute Gasteiger partial charge is 0.473 e. The van der Waals surface area contributed by atoms with E-state index >= 15 is 0 Å². The fourth-order valence-corrected chi connectivity index (χ4v) is 4.74. The molecule has 2 aromatic heterocycles. The molecule has 3 heterocycles. The average molecular weight is 489 g/mol. The summed E-state index contributed by atoms with van der Waals surface area (Å²) in [4.78, 5) is 14.2. The number of nitrogens with one attached hydrogen (secondary N) is 2. The summed E-state index contributed by atoms with van der Waals surface area (Å²) in [7, 11) is 0. The molecule has 0 amide bonds. The third-order valence-corrected chi connectivity index (χ3v) is 6.46. The Morgan fingerprint density at radius 3 is 2.49 bits per heavy atom. The number of piperidine rings is 1. The van der Waals surface area contributed by atoms with E-state index in [-0.39, 0.29) is 11.9 Å². The number of halogens is 1. The van der Waals surface area contributed by atoms with Crippen molar-refractivity contribution in [1.82, 2.24) is 19.3 Å². The Bertz CT molecular complexity index is 1230. The highest BCUT2D eigenvalue weighted by molar-refractivity contribution is 7.97. The van der Waals surface area contributed by atoms with Gasteiger partial charge in [-0.1, -0.05) is 6.07 Å². The van der Waals surface area contributed by atoms with E-state index in [1.807, 2.05) is 30.3 Å². The first-order valence-corrected chi connectivity index (χ1v) is 12.2. The number of benzene rings is 2. The Labute approximate surface area is 207 Å². The summed E-state index contributed by atoms with van der Waals surface area (Å²) in [5, 5.41) is 6.38. The van der Waals surface area contributed by atoms with Crippen molar-refractivity contribution in [3.63, 3.8) is 0 Å². The summed E-state index contributed by atoms with van der Waals surface area (Å²) in [5.74, 6) is 1.50. The fraction of sp³-hybridized carbons (Fsp3) is 0.192. The second-order valence-corrected chi connectivity index (χ2v) is 9.25. The molecule has 2 aromatic carbocycles. The van der Waals surface area contributed by atoms with E-state index in [1.54, 1.807) is 42.5 Å². The van der Waals surface area contributed by atoms with Gasteiger partial charge in [0.05, 0.1) is 0 Å². The molecule has 0 saturated carbocycles. The lowest BCUT2D eigenvalue weighted by molar-refractivity contribution is 0.129. The van der Waals surface area contributed by atoms with Crippen LogP contribution in [0.5, 0.6) is 5.88 Å². The number of ether oxygens (including phenoxy) is 1. The van der Waals surface area contributed by atoms with Crippen LogP contribution in [-0.2, 0) is 0 Å². The Morgan fingerprint density at radius 1 is 0.886 bits per heavy atom. The highest BCUT2D eigenvalue weighted by Crippen LogP contribution is 2.29. The molecule has 0 bridgehead atoms. The van der Waals surface area contributed by atoms with Crippen LogP contribution in [0.1, 0.15) is 12.8 Å². The van der Waals surface area contributed by atoms with Gasteiger partial charge in [-0.25, -0.2) is 18.7 Å². The third kappa shape index (κ3) is 6.68. The maximum absolute atomic E-state index is 13.1. The van der Waals surface area contributed by atoms with Crippen LogP contribution < -0.4 is 15.4 Å².